The van der Waals surface area contributed by atoms with Gasteiger partial charge in [-0.25, -0.2) is 9.37 Å². The standard InChI is InChI=1S/C12H8FN3O3/c1-15-9-3-2-7(13)6-8(9)14-12(15)10-4-5-11(19-10)16(17)18/h2-6H,1H3. The monoisotopic (exact) mass is 261 g/mol. The summed E-state index contributed by atoms with van der Waals surface area (Å²) in [5.74, 6) is -0.0599. The Morgan fingerprint density at radius 3 is 2.84 bits per heavy atom. The van der Waals surface area contributed by atoms with E-state index in [0.717, 1.165) is 5.52 Å². The van der Waals surface area contributed by atoms with Gasteiger partial charge in [0.2, 0.25) is 0 Å². The molecule has 0 bridgehead atoms. The van der Waals surface area contributed by atoms with Crippen molar-refractivity contribution in [2.75, 3.05) is 0 Å². The van der Waals surface area contributed by atoms with Crippen molar-refractivity contribution in [3.8, 4) is 11.6 Å². The van der Waals surface area contributed by atoms with Gasteiger partial charge >= 0.3 is 5.88 Å². The van der Waals surface area contributed by atoms with Crippen LogP contribution in [0.15, 0.2) is 34.7 Å². The Morgan fingerprint density at radius 2 is 2.16 bits per heavy atom. The van der Waals surface area contributed by atoms with Gasteiger partial charge in [0.05, 0.1) is 17.1 Å². The summed E-state index contributed by atoms with van der Waals surface area (Å²) in [6, 6.07) is 6.96. The van der Waals surface area contributed by atoms with Crippen LogP contribution in [0, 0.1) is 15.9 Å². The zero-order valence-electron chi connectivity index (χ0n) is 9.83. The lowest BCUT2D eigenvalue weighted by atomic mass is 10.3. The zero-order valence-corrected chi connectivity index (χ0v) is 9.83. The summed E-state index contributed by atoms with van der Waals surface area (Å²) >= 11 is 0. The van der Waals surface area contributed by atoms with Crippen molar-refractivity contribution in [3.63, 3.8) is 0 Å². The van der Waals surface area contributed by atoms with Crippen LogP contribution in [0.4, 0.5) is 10.3 Å². The summed E-state index contributed by atoms with van der Waals surface area (Å²) in [5, 5.41) is 10.6. The Bertz CT molecular complexity index is 791. The number of benzene rings is 1. The summed E-state index contributed by atoms with van der Waals surface area (Å²) < 4.78 is 19.9. The topological polar surface area (TPSA) is 74.1 Å². The van der Waals surface area contributed by atoms with E-state index in [1.807, 2.05) is 0 Å². The van der Waals surface area contributed by atoms with E-state index in [2.05, 4.69) is 4.98 Å². The van der Waals surface area contributed by atoms with Gasteiger partial charge < -0.3 is 8.98 Å². The molecule has 0 aliphatic heterocycles. The molecule has 6 nitrogen and oxygen atoms in total. The number of fused-ring (bicyclic) bond motifs is 1. The smallest absolute Gasteiger partial charge is 0.397 e. The predicted octanol–water partition coefficient (Wildman–Crippen LogP) is 2.88. The second kappa shape index (κ2) is 3.91. The molecule has 2 aromatic heterocycles. The van der Waals surface area contributed by atoms with Crippen LogP contribution in [0.25, 0.3) is 22.6 Å². The van der Waals surface area contributed by atoms with E-state index >= 15 is 0 Å². The van der Waals surface area contributed by atoms with E-state index in [1.54, 1.807) is 17.7 Å². The average molecular weight is 261 g/mol. The molecule has 3 rings (SSSR count). The third-order valence-corrected chi connectivity index (χ3v) is 2.84. The molecule has 0 saturated carbocycles. The van der Waals surface area contributed by atoms with Crippen LogP contribution in [0.3, 0.4) is 0 Å². The second-order valence-corrected chi connectivity index (χ2v) is 4.02. The Morgan fingerprint density at radius 1 is 1.37 bits per heavy atom. The number of aryl methyl sites for hydroxylation is 1. The zero-order chi connectivity index (χ0) is 13.6. The number of halogens is 1. The first-order valence-electron chi connectivity index (χ1n) is 5.43. The molecule has 0 atom stereocenters. The molecule has 0 amide bonds. The summed E-state index contributed by atoms with van der Waals surface area (Å²) in [6.07, 6.45) is 0. The van der Waals surface area contributed by atoms with E-state index in [-0.39, 0.29) is 17.5 Å². The summed E-state index contributed by atoms with van der Waals surface area (Å²) in [7, 11) is 1.73. The maximum Gasteiger partial charge on any atom is 0.433 e. The first kappa shape index (κ1) is 11.4. The van der Waals surface area contributed by atoms with Crippen LogP contribution in [-0.2, 0) is 7.05 Å². The fourth-order valence-corrected chi connectivity index (χ4v) is 1.94. The molecule has 0 unspecified atom stereocenters. The van der Waals surface area contributed by atoms with E-state index in [1.165, 1.54) is 24.3 Å². The lowest BCUT2D eigenvalue weighted by molar-refractivity contribution is -0.401. The molecule has 2 heterocycles. The molecule has 0 fully saturated rings. The normalized spacial score (nSPS) is 11.1. The summed E-state index contributed by atoms with van der Waals surface area (Å²) in [6.45, 7) is 0. The number of hydrogen-bond acceptors (Lipinski definition) is 4. The van der Waals surface area contributed by atoms with Crippen LogP contribution in [0.5, 0.6) is 0 Å². The first-order valence-corrected chi connectivity index (χ1v) is 5.43. The molecule has 0 radical (unpaired) electrons. The van der Waals surface area contributed by atoms with Gasteiger partial charge in [-0.3, -0.25) is 10.1 Å². The van der Waals surface area contributed by atoms with Crippen molar-refractivity contribution >= 4 is 16.9 Å². The highest BCUT2D eigenvalue weighted by atomic mass is 19.1. The van der Waals surface area contributed by atoms with Gasteiger partial charge in [-0.2, -0.15) is 0 Å². The van der Waals surface area contributed by atoms with Gasteiger partial charge in [0.1, 0.15) is 10.7 Å². The molecule has 96 valence electrons. The van der Waals surface area contributed by atoms with E-state index < -0.39 is 4.92 Å². The number of imidazole rings is 1. The Labute approximate surface area is 106 Å². The number of nitrogens with zero attached hydrogens (tertiary/aromatic N) is 3. The maximum absolute atomic E-state index is 13.1. The molecule has 0 aliphatic rings. The van der Waals surface area contributed by atoms with Crippen LogP contribution in [0.2, 0.25) is 0 Å². The molecule has 0 spiro atoms. The third kappa shape index (κ3) is 1.75. The summed E-state index contributed by atoms with van der Waals surface area (Å²) in [4.78, 5) is 14.2. The van der Waals surface area contributed by atoms with Crippen LogP contribution in [-0.4, -0.2) is 14.5 Å². The second-order valence-electron chi connectivity index (χ2n) is 4.02. The minimum atomic E-state index is -0.619. The predicted molar refractivity (Wildman–Crippen MR) is 65.0 cm³/mol. The lowest BCUT2D eigenvalue weighted by Crippen LogP contribution is -1.91. The van der Waals surface area contributed by atoms with Crippen molar-refractivity contribution in [3.05, 3.63) is 46.3 Å². The quantitative estimate of drug-likeness (QED) is 0.525. The Kier molecular flexibility index (Phi) is 2.34. The van der Waals surface area contributed by atoms with Crippen molar-refractivity contribution in [1.29, 1.82) is 0 Å². The lowest BCUT2D eigenvalue weighted by Gasteiger charge is -1.97. The third-order valence-electron chi connectivity index (χ3n) is 2.84. The number of rotatable bonds is 2. The van der Waals surface area contributed by atoms with Gasteiger partial charge in [-0.15, -0.1) is 0 Å². The molecule has 0 aliphatic carbocycles. The molecule has 7 heteroatoms. The van der Waals surface area contributed by atoms with Crippen LogP contribution < -0.4 is 0 Å². The summed E-state index contributed by atoms with van der Waals surface area (Å²) in [5.41, 5.74) is 1.19. The minimum absolute atomic E-state index is 0.269. The van der Waals surface area contributed by atoms with E-state index in [0.29, 0.717) is 11.3 Å². The number of hydrogen-bond donors (Lipinski definition) is 0. The average Bonchev–Trinajstić information content (AvgIpc) is 2.94. The molecular formula is C12H8FN3O3. The molecule has 0 N–H and O–H groups in total. The Hall–Kier alpha value is -2.70. The fourth-order valence-electron chi connectivity index (χ4n) is 1.94. The van der Waals surface area contributed by atoms with Gasteiger partial charge in [0.15, 0.2) is 11.6 Å². The van der Waals surface area contributed by atoms with E-state index in [9.17, 15) is 14.5 Å². The SMILES string of the molecule is Cn1c(-c2ccc([N+](=O)[O-])o2)nc2cc(F)ccc21. The highest BCUT2D eigenvalue weighted by Gasteiger charge is 2.18. The van der Waals surface area contributed by atoms with Crippen molar-refractivity contribution in [1.82, 2.24) is 9.55 Å². The molecular weight excluding hydrogens is 253 g/mol. The molecule has 1 aromatic carbocycles. The van der Waals surface area contributed by atoms with E-state index in [4.69, 9.17) is 4.42 Å². The van der Waals surface area contributed by atoms with Crippen molar-refractivity contribution in [2.45, 2.75) is 0 Å². The van der Waals surface area contributed by atoms with Gasteiger partial charge in [-0.1, -0.05) is 0 Å². The molecule has 0 saturated heterocycles. The largest absolute Gasteiger partial charge is 0.433 e. The van der Waals surface area contributed by atoms with Gasteiger partial charge in [-0.05, 0) is 18.2 Å². The highest BCUT2D eigenvalue weighted by Crippen LogP contribution is 2.28. The van der Waals surface area contributed by atoms with Gasteiger partial charge in [0, 0.05) is 13.1 Å². The Balaban J connectivity index is 2.18. The van der Waals surface area contributed by atoms with Gasteiger partial charge in [0.25, 0.3) is 0 Å². The fraction of sp³-hybridized carbons (Fsp3) is 0.0833. The number of aromatic nitrogens is 2. The van der Waals surface area contributed by atoms with Crippen molar-refractivity contribution in [2.24, 2.45) is 7.05 Å². The molecule has 19 heavy (non-hydrogen) atoms. The van der Waals surface area contributed by atoms with Crippen LogP contribution >= 0.6 is 0 Å². The van der Waals surface area contributed by atoms with Crippen LogP contribution in [0.1, 0.15) is 0 Å². The number of furan rings is 1. The van der Waals surface area contributed by atoms with Crippen molar-refractivity contribution < 1.29 is 13.7 Å². The number of nitro groups is 1. The minimum Gasteiger partial charge on any atom is -0.397 e. The first-order chi connectivity index (χ1) is 9.06. The highest BCUT2D eigenvalue weighted by molar-refractivity contribution is 5.79. The maximum atomic E-state index is 13.1. The molecule has 3 aromatic rings.